The predicted molar refractivity (Wildman–Crippen MR) is 64.5 cm³/mol. The Morgan fingerprint density at radius 2 is 2.07 bits per heavy atom. The molecule has 0 radical (unpaired) electrons. The maximum atomic E-state index is 8.52. The molecule has 0 aromatic rings. The average molecular weight is 214 g/mol. The van der Waals surface area contributed by atoms with Gasteiger partial charge in [0.25, 0.3) is 0 Å². The van der Waals surface area contributed by atoms with Crippen LogP contribution < -0.4 is 0 Å². The molecule has 1 unspecified atom stereocenters. The summed E-state index contributed by atoms with van der Waals surface area (Å²) in [5.41, 5.74) is 0. The second-order valence-corrected chi connectivity index (χ2v) is 4.35. The minimum absolute atomic E-state index is 0.630. The Labute approximate surface area is 93.7 Å². The Bertz CT molecular complexity index is 175. The van der Waals surface area contributed by atoms with Crippen LogP contribution in [-0.2, 0) is 0 Å². The van der Waals surface area contributed by atoms with Crippen molar-refractivity contribution < 1.29 is 0 Å². The lowest BCUT2D eigenvalue weighted by atomic mass is 9.97. The Kier molecular flexibility index (Phi) is 8.02. The molecular weight excluding hydrogens is 192 g/mol. The normalized spacial score (nSPS) is 13.2. The topological polar surface area (TPSA) is 27.0 Å². The molecule has 2 nitrogen and oxygen atoms in total. The van der Waals surface area contributed by atoms with Crippen LogP contribution in [0.1, 0.15) is 27.2 Å². The van der Waals surface area contributed by atoms with Crippen LogP contribution in [0.3, 0.4) is 0 Å². The highest BCUT2D eigenvalue weighted by Crippen LogP contribution is 2.14. The molecule has 0 N–H and O–H groups in total. The summed E-state index contributed by atoms with van der Waals surface area (Å²) in [6.07, 6.45) is 0.630. The minimum atomic E-state index is 0.630. The van der Waals surface area contributed by atoms with Gasteiger partial charge in [-0.25, -0.2) is 0 Å². The lowest BCUT2D eigenvalue weighted by molar-refractivity contribution is 0.227. The third-order valence-electron chi connectivity index (χ3n) is 2.66. The van der Waals surface area contributed by atoms with Gasteiger partial charge in [-0.3, -0.25) is 0 Å². The van der Waals surface area contributed by atoms with Crippen molar-refractivity contribution in [3.05, 3.63) is 0 Å². The molecule has 0 spiro atoms. The summed E-state index contributed by atoms with van der Waals surface area (Å²) in [6.45, 7) is 9.60. The van der Waals surface area contributed by atoms with E-state index >= 15 is 0 Å². The molecule has 0 saturated heterocycles. The summed E-state index contributed by atoms with van der Waals surface area (Å²) in [7, 11) is 0. The van der Waals surface area contributed by atoms with E-state index in [1.807, 2.05) is 0 Å². The fourth-order valence-electron chi connectivity index (χ4n) is 1.40. The monoisotopic (exact) mass is 214 g/mol. The molecular formula is C11H22N2S. The average Bonchev–Trinajstić information content (AvgIpc) is 2.18. The Morgan fingerprint density at radius 3 is 2.43 bits per heavy atom. The van der Waals surface area contributed by atoms with Crippen molar-refractivity contribution in [3.8, 4) is 6.07 Å². The second-order valence-electron chi connectivity index (χ2n) is 3.99. The van der Waals surface area contributed by atoms with Gasteiger partial charge in [0, 0.05) is 19.5 Å². The van der Waals surface area contributed by atoms with E-state index in [0.29, 0.717) is 18.3 Å². The lowest BCUT2D eigenvalue weighted by Gasteiger charge is -2.27. The van der Waals surface area contributed by atoms with E-state index in [1.54, 1.807) is 0 Å². The van der Waals surface area contributed by atoms with Gasteiger partial charge in [0.05, 0.1) is 6.07 Å². The summed E-state index contributed by atoms with van der Waals surface area (Å²) < 4.78 is 0. The predicted octanol–water partition coefficient (Wildman–Crippen LogP) is 2.42. The first-order valence-corrected chi connectivity index (χ1v) is 5.99. The maximum absolute atomic E-state index is 8.52. The highest BCUT2D eigenvalue weighted by Gasteiger charge is 2.14. The molecule has 82 valence electrons. The zero-order valence-electron chi connectivity index (χ0n) is 9.53. The van der Waals surface area contributed by atoms with Gasteiger partial charge in [-0.05, 0) is 24.1 Å². The number of hydrogen-bond donors (Lipinski definition) is 1. The summed E-state index contributed by atoms with van der Waals surface area (Å²) >= 11 is 4.37. The third-order valence-corrected chi connectivity index (χ3v) is 3.13. The fourth-order valence-corrected chi connectivity index (χ4v) is 1.93. The Balaban J connectivity index is 3.95. The summed E-state index contributed by atoms with van der Waals surface area (Å²) in [4.78, 5) is 2.34. The molecule has 0 aliphatic rings. The fraction of sp³-hybridized carbons (Fsp3) is 0.909. The van der Waals surface area contributed by atoms with Crippen LogP contribution in [0.2, 0.25) is 0 Å². The van der Waals surface area contributed by atoms with Crippen LogP contribution in [0.5, 0.6) is 0 Å². The van der Waals surface area contributed by atoms with E-state index in [2.05, 4.69) is 44.4 Å². The third kappa shape index (κ3) is 5.51. The molecule has 0 aliphatic carbocycles. The Morgan fingerprint density at radius 1 is 1.43 bits per heavy atom. The molecule has 0 aromatic carbocycles. The summed E-state index contributed by atoms with van der Waals surface area (Å²) in [5, 5.41) is 8.52. The summed E-state index contributed by atoms with van der Waals surface area (Å²) in [6, 6.07) is 2.19. The van der Waals surface area contributed by atoms with Crippen LogP contribution >= 0.6 is 12.6 Å². The van der Waals surface area contributed by atoms with E-state index in [4.69, 9.17) is 5.26 Å². The largest absolute Gasteiger partial charge is 0.302 e. The lowest BCUT2D eigenvalue weighted by Crippen LogP contribution is -2.33. The van der Waals surface area contributed by atoms with E-state index in [9.17, 15) is 0 Å². The van der Waals surface area contributed by atoms with Gasteiger partial charge in [0.1, 0.15) is 0 Å². The molecule has 0 amide bonds. The van der Waals surface area contributed by atoms with Crippen molar-refractivity contribution in [2.45, 2.75) is 27.2 Å². The molecule has 0 aromatic heterocycles. The van der Waals surface area contributed by atoms with E-state index in [-0.39, 0.29) is 0 Å². The van der Waals surface area contributed by atoms with E-state index in [0.717, 1.165) is 25.4 Å². The van der Waals surface area contributed by atoms with Gasteiger partial charge in [0.2, 0.25) is 0 Å². The minimum Gasteiger partial charge on any atom is -0.302 e. The van der Waals surface area contributed by atoms with Crippen molar-refractivity contribution in [1.82, 2.24) is 4.90 Å². The second kappa shape index (κ2) is 8.14. The van der Waals surface area contributed by atoms with Crippen molar-refractivity contribution in [2.24, 2.45) is 11.8 Å². The van der Waals surface area contributed by atoms with E-state index < -0.39 is 0 Å². The van der Waals surface area contributed by atoms with Gasteiger partial charge in [0.15, 0.2) is 0 Å². The van der Waals surface area contributed by atoms with Crippen molar-refractivity contribution in [2.75, 3.05) is 25.4 Å². The molecule has 0 fully saturated rings. The highest BCUT2D eigenvalue weighted by atomic mass is 32.1. The molecule has 3 heteroatoms. The van der Waals surface area contributed by atoms with Crippen molar-refractivity contribution >= 4 is 12.6 Å². The smallest absolute Gasteiger partial charge is 0.0635 e. The first kappa shape index (κ1) is 13.8. The SMILES string of the molecule is CCN(CCC#N)CC(CS)C(C)C. The number of nitriles is 1. The molecule has 0 heterocycles. The molecule has 0 rings (SSSR count). The number of thiol groups is 1. The van der Waals surface area contributed by atoms with Gasteiger partial charge in [-0.2, -0.15) is 17.9 Å². The zero-order valence-corrected chi connectivity index (χ0v) is 10.4. The van der Waals surface area contributed by atoms with Gasteiger partial charge in [-0.15, -0.1) is 0 Å². The number of hydrogen-bond acceptors (Lipinski definition) is 3. The highest BCUT2D eigenvalue weighted by molar-refractivity contribution is 7.80. The van der Waals surface area contributed by atoms with Crippen LogP contribution in [0.4, 0.5) is 0 Å². The van der Waals surface area contributed by atoms with Crippen molar-refractivity contribution in [1.29, 1.82) is 5.26 Å². The van der Waals surface area contributed by atoms with Crippen LogP contribution in [-0.4, -0.2) is 30.3 Å². The first-order chi connectivity index (χ1) is 6.65. The molecule has 0 bridgehead atoms. The standard InChI is InChI=1S/C11H22N2S/c1-4-13(7-5-6-12)8-11(9-14)10(2)3/h10-11,14H,4-5,7-9H2,1-3H3. The quantitative estimate of drug-likeness (QED) is 0.659. The maximum Gasteiger partial charge on any atom is 0.0635 e. The van der Waals surface area contributed by atoms with Crippen molar-refractivity contribution in [3.63, 3.8) is 0 Å². The molecule has 0 aliphatic heterocycles. The van der Waals surface area contributed by atoms with E-state index in [1.165, 1.54) is 0 Å². The zero-order chi connectivity index (χ0) is 11.0. The van der Waals surface area contributed by atoms with Crippen LogP contribution in [0, 0.1) is 23.2 Å². The first-order valence-electron chi connectivity index (χ1n) is 5.35. The Hall–Kier alpha value is -0.200. The molecule has 1 atom stereocenters. The number of rotatable bonds is 7. The van der Waals surface area contributed by atoms with Crippen LogP contribution in [0.25, 0.3) is 0 Å². The molecule has 14 heavy (non-hydrogen) atoms. The molecule has 0 saturated carbocycles. The van der Waals surface area contributed by atoms with Gasteiger partial charge >= 0.3 is 0 Å². The van der Waals surface area contributed by atoms with Crippen LogP contribution in [0.15, 0.2) is 0 Å². The van der Waals surface area contributed by atoms with Gasteiger partial charge < -0.3 is 4.90 Å². The van der Waals surface area contributed by atoms with Gasteiger partial charge in [-0.1, -0.05) is 20.8 Å². The number of nitrogens with zero attached hydrogens (tertiary/aromatic N) is 2. The summed E-state index contributed by atoms with van der Waals surface area (Å²) in [5.74, 6) is 2.24.